The quantitative estimate of drug-likeness (QED) is 0.461. The second-order valence-electron chi connectivity index (χ2n) is 11.3. The Kier molecular flexibility index (Phi) is 6.80. The number of ether oxygens (including phenoxy) is 1. The fourth-order valence-electron chi connectivity index (χ4n) is 5.82. The van der Waals surface area contributed by atoms with E-state index in [0.29, 0.717) is 37.6 Å². The topological polar surface area (TPSA) is 53.3 Å². The number of nitrogens with zero attached hydrogens (tertiary/aromatic N) is 5. The van der Waals surface area contributed by atoms with E-state index >= 15 is 0 Å². The highest BCUT2D eigenvalue weighted by atomic mass is 16.6. The molecule has 4 heterocycles. The van der Waals surface area contributed by atoms with Gasteiger partial charge in [0.25, 0.3) is 0 Å². The Morgan fingerprint density at radius 3 is 2.35 bits per heavy atom. The molecule has 7 nitrogen and oxygen atoms in total. The number of hydrogen-bond acceptors (Lipinski definition) is 5. The average molecular weight is 502 g/mol. The van der Waals surface area contributed by atoms with Crippen LogP contribution in [0.3, 0.4) is 0 Å². The van der Waals surface area contributed by atoms with Gasteiger partial charge in [0.2, 0.25) is 0 Å². The summed E-state index contributed by atoms with van der Waals surface area (Å²) >= 11 is 0. The normalized spacial score (nSPS) is 19.6. The summed E-state index contributed by atoms with van der Waals surface area (Å²) in [7, 11) is 0. The summed E-state index contributed by atoms with van der Waals surface area (Å²) in [6.45, 7) is 10.5. The molecule has 0 atom stereocenters. The summed E-state index contributed by atoms with van der Waals surface area (Å²) in [6.07, 6.45) is 8.71. The van der Waals surface area contributed by atoms with Gasteiger partial charge in [0.1, 0.15) is 0 Å². The van der Waals surface area contributed by atoms with E-state index in [1.165, 1.54) is 61.2 Å². The molecule has 3 aromatic rings. The lowest BCUT2D eigenvalue weighted by Gasteiger charge is -2.35. The van der Waals surface area contributed by atoms with Gasteiger partial charge in [-0.15, -0.1) is 0 Å². The highest BCUT2D eigenvalue weighted by molar-refractivity contribution is 5.80. The second kappa shape index (κ2) is 10.4. The Morgan fingerprint density at radius 1 is 0.946 bits per heavy atom. The van der Waals surface area contributed by atoms with Crippen molar-refractivity contribution in [3.05, 3.63) is 54.4 Å². The van der Waals surface area contributed by atoms with Crippen molar-refractivity contribution in [2.75, 3.05) is 50.8 Å². The first-order valence-corrected chi connectivity index (χ1v) is 14.0. The van der Waals surface area contributed by atoms with Crippen LogP contribution < -0.4 is 4.90 Å². The number of likely N-dealkylation sites (tertiary alicyclic amines) is 1. The van der Waals surface area contributed by atoms with Crippen molar-refractivity contribution in [3.8, 4) is 11.1 Å². The van der Waals surface area contributed by atoms with E-state index in [-0.39, 0.29) is 6.09 Å². The number of piperazine rings is 1. The number of fused-ring (bicyclic) bond motifs is 1. The van der Waals surface area contributed by atoms with Crippen LogP contribution in [0.1, 0.15) is 51.0 Å². The monoisotopic (exact) mass is 501 g/mol. The maximum absolute atomic E-state index is 12.4. The van der Waals surface area contributed by atoms with Crippen LogP contribution in [-0.2, 0) is 4.74 Å². The third-order valence-corrected chi connectivity index (χ3v) is 8.48. The largest absolute Gasteiger partial charge is 0.449 e. The average Bonchev–Trinajstić information content (AvgIpc) is 3.67. The summed E-state index contributed by atoms with van der Waals surface area (Å²) in [4.78, 5) is 19.2. The van der Waals surface area contributed by atoms with Gasteiger partial charge in [-0.3, -0.25) is 0 Å². The lowest BCUT2D eigenvalue weighted by atomic mass is 9.88. The molecule has 0 N–H and O–H groups in total. The van der Waals surface area contributed by atoms with E-state index in [9.17, 15) is 4.79 Å². The molecule has 1 aromatic carbocycles. The summed E-state index contributed by atoms with van der Waals surface area (Å²) in [5, 5.41) is 4.59. The molecule has 0 spiro atoms. The number of piperidine rings is 1. The highest BCUT2D eigenvalue weighted by Crippen LogP contribution is 2.33. The van der Waals surface area contributed by atoms with Crippen molar-refractivity contribution in [1.29, 1.82) is 0 Å². The van der Waals surface area contributed by atoms with Crippen LogP contribution in [0, 0.1) is 5.92 Å². The molecule has 2 aromatic heterocycles. The van der Waals surface area contributed by atoms with Crippen LogP contribution in [0.4, 0.5) is 10.5 Å². The van der Waals surface area contributed by atoms with Crippen molar-refractivity contribution in [1.82, 2.24) is 19.4 Å². The van der Waals surface area contributed by atoms with Gasteiger partial charge in [0, 0.05) is 50.2 Å². The molecule has 3 fully saturated rings. The molecule has 2 saturated heterocycles. The minimum atomic E-state index is -0.162. The first kappa shape index (κ1) is 24.3. The van der Waals surface area contributed by atoms with Crippen LogP contribution in [0.5, 0.6) is 0 Å². The number of anilines is 1. The lowest BCUT2D eigenvalue weighted by molar-refractivity contribution is 0.0961. The zero-order chi connectivity index (χ0) is 25.4. The maximum Gasteiger partial charge on any atom is 0.409 e. The van der Waals surface area contributed by atoms with E-state index in [4.69, 9.17) is 4.74 Å². The molecule has 1 saturated carbocycles. The van der Waals surface area contributed by atoms with Crippen molar-refractivity contribution in [2.45, 2.75) is 51.5 Å². The van der Waals surface area contributed by atoms with Crippen molar-refractivity contribution < 1.29 is 9.53 Å². The molecule has 0 unspecified atom stereocenters. The summed E-state index contributed by atoms with van der Waals surface area (Å²) < 4.78 is 7.46. The second-order valence-corrected chi connectivity index (χ2v) is 11.3. The van der Waals surface area contributed by atoms with Crippen molar-refractivity contribution >= 4 is 17.3 Å². The Labute approximate surface area is 220 Å². The molecular weight excluding hydrogens is 462 g/mol. The van der Waals surface area contributed by atoms with Gasteiger partial charge >= 0.3 is 6.09 Å². The van der Waals surface area contributed by atoms with Gasteiger partial charge in [0.15, 0.2) is 0 Å². The van der Waals surface area contributed by atoms with E-state index in [0.717, 1.165) is 18.6 Å². The number of rotatable bonds is 6. The Morgan fingerprint density at radius 2 is 1.68 bits per heavy atom. The van der Waals surface area contributed by atoms with Gasteiger partial charge in [-0.1, -0.05) is 24.3 Å². The fourth-order valence-corrected chi connectivity index (χ4v) is 5.82. The summed E-state index contributed by atoms with van der Waals surface area (Å²) in [5.74, 6) is 1.26. The van der Waals surface area contributed by atoms with Crippen LogP contribution >= 0.6 is 0 Å². The van der Waals surface area contributed by atoms with E-state index in [1.807, 2.05) is 15.6 Å². The number of hydrogen-bond donors (Lipinski definition) is 0. The molecular formula is C30H39N5O2. The van der Waals surface area contributed by atoms with Crippen LogP contribution in [0.2, 0.25) is 0 Å². The highest BCUT2D eigenvalue weighted by Gasteiger charge is 2.27. The van der Waals surface area contributed by atoms with Gasteiger partial charge < -0.3 is 19.4 Å². The summed E-state index contributed by atoms with van der Waals surface area (Å²) in [5.41, 5.74) is 6.14. The Balaban J connectivity index is 1.12. The van der Waals surface area contributed by atoms with Gasteiger partial charge in [0.05, 0.1) is 17.8 Å². The Hall–Kier alpha value is -3.06. The standard InChI is InChI=1S/C30H39N5O2/c1-22(2)32-13-10-26(11-14-32)24-5-7-25(8-6-24)27-19-29-28(9-12-31-35(29)20-27)33-15-17-34(18-16-33)30(36)37-21-23-3-4-23/h5-9,12,19-20,22-23,26H,3-4,10-11,13-18,21H2,1-2H3. The number of carbonyl (C=O) groups is 1. The molecule has 0 bridgehead atoms. The zero-order valence-corrected chi connectivity index (χ0v) is 22.2. The molecule has 196 valence electrons. The van der Waals surface area contributed by atoms with E-state index in [1.54, 1.807) is 0 Å². The first-order chi connectivity index (χ1) is 18.0. The first-order valence-electron chi connectivity index (χ1n) is 14.0. The fraction of sp³-hybridized carbons (Fsp3) is 0.533. The molecule has 0 radical (unpaired) electrons. The molecule has 1 amide bonds. The number of carbonyl (C=O) groups excluding carboxylic acids is 1. The van der Waals surface area contributed by atoms with Gasteiger partial charge in [-0.05, 0) is 87.7 Å². The maximum atomic E-state index is 12.4. The minimum Gasteiger partial charge on any atom is -0.449 e. The molecule has 3 aliphatic rings. The smallest absolute Gasteiger partial charge is 0.409 e. The van der Waals surface area contributed by atoms with Crippen LogP contribution in [0.25, 0.3) is 16.6 Å². The van der Waals surface area contributed by atoms with Crippen LogP contribution in [-0.4, -0.2) is 77.4 Å². The predicted molar refractivity (Wildman–Crippen MR) is 147 cm³/mol. The third-order valence-electron chi connectivity index (χ3n) is 8.48. The third kappa shape index (κ3) is 5.33. The number of benzene rings is 1. The molecule has 37 heavy (non-hydrogen) atoms. The van der Waals surface area contributed by atoms with Crippen LogP contribution in [0.15, 0.2) is 48.8 Å². The zero-order valence-electron chi connectivity index (χ0n) is 22.2. The van der Waals surface area contributed by atoms with Crippen molar-refractivity contribution in [3.63, 3.8) is 0 Å². The predicted octanol–water partition coefficient (Wildman–Crippen LogP) is 5.26. The minimum absolute atomic E-state index is 0.162. The van der Waals surface area contributed by atoms with E-state index in [2.05, 4.69) is 71.3 Å². The van der Waals surface area contributed by atoms with Gasteiger partial charge in [-0.2, -0.15) is 5.10 Å². The van der Waals surface area contributed by atoms with Gasteiger partial charge in [-0.25, -0.2) is 9.31 Å². The molecule has 2 aliphatic heterocycles. The summed E-state index contributed by atoms with van der Waals surface area (Å²) in [6, 6.07) is 14.2. The van der Waals surface area contributed by atoms with E-state index < -0.39 is 0 Å². The number of aromatic nitrogens is 2. The molecule has 7 heteroatoms. The molecule has 6 rings (SSSR count). The van der Waals surface area contributed by atoms with Crippen molar-refractivity contribution in [2.24, 2.45) is 5.92 Å². The SMILES string of the molecule is CC(C)N1CCC(c2ccc(-c3cc4c(N5CCN(C(=O)OCC6CC6)CC5)ccnn4c3)cc2)CC1. The Bertz CT molecular complexity index is 1220. The number of amides is 1. The lowest BCUT2D eigenvalue weighted by Crippen LogP contribution is -2.49. The molecule has 1 aliphatic carbocycles.